The first-order chi connectivity index (χ1) is 17.6. The van der Waals surface area contributed by atoms with Crippen LogP contribution >= 0.6 is 0 Å². The van der Waals surface area contributed by atoms with Crippen molar-refractivity contribution in [3.8, 4) is 0 Å². The molecule has 0 radical (unpaired) electrons. The highest BCUT2D eigenvalue weighted by Crippen LogP contribution is 2.31. The SMILES string of the molecule is COCCn1cc(C(=O)NC2CCCCCCC2)c(=O)c(C(=O)N2CCCC[C@@H]2c2cccnc2)c1. The predicted octanol–water partition coefficient (Wildman–Crippen LogP) is 4.10. The Morgan fingerprint density at radius 3 is 2.47 bits per heavy atom. The summed E-state index contributed by atoms with van der Waals surface area (Å²) >= 11 is 0. The van der Waals surface area contributed by atoms with Gasteiger partial charge >= 0.3 is 0 Å². The lowest BCUT2D eigenvalue weighted by Gasteiger charge is -2.36. The summed E-state index contributed by atoms with van der Waals surface area (Å²) in [5.74, 6) is -0.728. The highest BCUT2D eigenvalue weighted by atomic mass is 16.5. The molecule has 1 aliphatic carbocycles. The molecule has 0 bridgehead atoms. The smallest absolute Gasteiger partial charge is 0.259 e. The summed E-state index contributed by atoms with van der Waals surface area (Å²) in [5, 5.41) is 3.09. The molecule has 8 heteroatoms. The standard InChI is InChI=1S/C28H38N4O4/c1-36-17-16-31-19-23(27(34)30-22-11-5-3-2-4-6-12-22)26(33)24(20-31)28(35)32-15-8-7-13-25(32)21-10-9-14-29-18-21/h9-10,14,18-20,22,25H,2-8,11-13,15-17H2,1H3,(H,30,34)/t25-/m1/s1. The number of hydrogen-bond donors (Lipinski definition) is 1. The lowest BCUT2D eigenvalue weighted by atomic mass is 9.95. The second-order valence-electron chi connectivity index (χ2n) is 9.96. The van der Waals surface area contributed by atoms with E-state index < -0.39 is 11.3 Å². The van der Waals surface area contributed by atoms with Crippen molar-refractivity contribution < 1.29 is 14.3 Å². The van der Waals surface area contributed by atoms with E-state index >= 15 is 0 Å². The fraction of sp³-hybridized carbons (Fsp3) is 0.571. The topological polar surface area (TPSA) is 93.5 Å². The largest absolute Gasteiger partial charge is 0.383 e. The molecule has 0 unspecified atom stereocenters. The molecule has 194 valence electrons. The average Bonchev–Trinajstić information content (AvgIpc) is 2.89. The van der Waals surface area contributed by atoms with Crippen LogP contribution in [0.15, 0.2) is 41.7 Å². The molecule has 0 spiro atoms. The number of pyridine rings is 2. The molecule has 1 N–H and O–H groups in total. The minimum absolute atomic E-state index is 0.0222. The van der Waals surface area contributed by atoms with Gasteiger partial charge in [0.2, 0.25) is 5.43 Å². The van der Waals surface area contributed by atoms with Gasteiger partial charge in [-0.1, -0.05) is 38.2 Å². The minimum Gasteiger partial charge on any atom is -0.383 e. The molecule has 2 fully saturated rings. The first-order valence-electron chi connectivity index (χ1n) is 13.3. The lowest BCUT2D eigenvalue weighted by Crippen LogP contribution is -2.43. The number of aromatic nitrogens is 2. The van der Waals surface area contributed by atoms with E-state index in [9.17, 15) is 14.4 Å². The van der Waals surface area contributed by atoms with Crippen LogP contribution in [0.1, 0.15) is 96.5 Å². The zero-order valence-electron chi connectivity index (χ0n) is 21.3. The summed E-state index contributed by atoms with van der Waals surface area (Å²) in [6.45, 7) is 1.41. The van der Waals surface area contributed by atoms with Gasteiger partial charge in [0.05, 0.1) is 12.6 Å². The number of ether oxygens (including phenoxy) is 1. The van der Waals surface area contributed by atoms with Gasteiger partial charge in [-0.05, 0) is 43.7 Å². The summed E-state index contributed by atoms with van der Waals surface area (Å²) in [6.07, 6.45) is 16.9. The van der Waals surface area contributed by atoms with E-state index in [-0.39, 0.29) is 29.1 Å². The lowest BCUT2D eigenvalue weighted by molar-refractivity contribution is 0.0608. The van der Waals surface area contributed by atoms with E-state index in [2.05, 4.69) is 10.3 Å². The number of carbonyl (C=O) groups is 2. The number of piperidine rings is 1. The van der Waals surface area contributed by atoms with Gasteiger partial charge in [0.1, 0.15) is 11.1 Å². The van der Waals surface area contributed by atoms with E-state index in [1.54, 1.807) is 41.4 Å². The maximum Gasteiger partial charge on any atom is 0.259 e. The molecule has 1 aliphatic heterocycles. The Labute approximate surface area is 213 Å². The Kier molecular flexibility index (Phi) is 9.28. The third kappa shape index (κ3) is 6.40. The third-order valence-electron chi connectivity index (χ3n) is 7.38. The van der Waals surface area contributed by atoms with Crippen LogP contribution in [0.2, 0.25) is 0 Å². The molecule has 0 aromatic carbocycles. The molecular weight excluding hydrogens is 456 g/mol. The molecule has 2 aromatic heterocycles. The number of carbonyl (C=O) groups excluding carboxylic acids is 2. The fourth-order valence-corrected chi connectivity index (χ4v) is 5.38. The number of likely N-dealkylation sites (tertiary alicyclic amines) is 1. The van der Waals surface area contributed by atoms with Crippen molar-refractivity contribution in [2.24, 2.45) is 0 Å². The zero-order chi connectivity index (χ0) is 25.3. The molecule has 2 aliphatic rings. The minimum atomic E-state index is -0.507. The molecule has 4 rings (SSSR count). The van der Waals surface area contributed by atoms with Crippen molar-refractivity contribution in [1.82, 2.24) is 19.8 Å². The van der Waals surface area contributed by atoms with Gasteiger partial charge in [0, 0.05) is 51.0 Å². The number of methoxy groups -OCH3 is 1. The number of nitrogens with zero attached hydrogens (tertiary/aromatic N) is 3. The number of hydrogen-bond acceptors (Lipinski definition) is 5. The highest BCUT2D eigenvalue weighted by molar-refractivity contribution is 5.99. The summed E-state index contributed by atoms with van der Waals surface area (Å²) in [5.41, 5.74) is 0.511. The molecule has 3 heterocycles. The van der Waals surface area contributed by atoms with Gasteiger partial charge in [-0.2, -0.15) is 0 Å². The second kappa shape index (κ2) is 12.8. The van der Waals surface area contributed by atoms with Crippen molar-refractivity contribution >= 4 is 11.8 Å². The van der Waals surface area contributed by atoms with E-state index in [1.165, 1.54) is 19.3 Å². The van der Waals surface area contributed by atoms with E-state index in [0.717, 1.165) is 50.5 Å². The first-order valence-corrected chi connectivity index (χ1v) is 13.3. The van der Waals surface area contributed by atoms with Crippen LogP contribution in [0.25, 0.3) is 0 Å². The van der Waals surface area contributed by atoms with Crippen molar-refractivity contribution in [2.75, 3.05) is 20.3 Å². The molecule has 8 nitrogen and oxygen atoms in total. The quantitative estimate of drug-likeness (QED) is 0.626. The van der Waals surface area contributed by atoms with Gasteiger partial charge in [0.15, 0.2) is 0 Å². The summed E-state index contributed by atoms with van der Waals surface area (Å²) in [7, 11) is 1.60. The van der Waals surface area contributed by atoms with Crippen LogP contribution in [-0.2, 0) is 11.3 Å². The van der Waals surface area contributed by atoms with Crippen LogP contribution in [0.5, 0.6) is 0 Å². The molecule has 1 saturated heterocycles. The van der Waals surface area contributed by atoms with Crippen LogP contribution in [0.4, 0.5) is 0 Å². The monoisotopic (exact) mass is 494 g/mol. The summed E-state index contributed by atoms with van der Waals surface area (Å²) in [4.78, 5) is 46.7. The molecule has 1 atom stereocenters. The maximum atomic E-state index is 13.8. The Hall–Kier alpha value is -3.00. The number of nitrogens with one attached hydrogen (secondary N) is 1. The average molecular weight is 495 g/mol. The number of amides is 2. The molecule has 2 amide bonds. The van der Waals surface area contributed by atoms with Gasteiger partial charge < -0.3 is 19.5 Å². The first kappa shape index (κ1) is 26.1. The summed E-state index contributed by atoms with van der Waals surface area (Å²) < 4.78 is 6.94. The van der Waals surface area contributed by atoms with Crippen molar-refractivity contribution in [3.63, 3.8) is 0 Å². The van der Waals surface area contributed by atoms with Gasteiger partial charge in [-0.25, -0.2) is 0 Å². The van der Waals surface area contributed by atoms with Gasteiger partial charge in [-0.15, -0.1) is 0 Å². The fourth-order valence-electron chi connectivity index (χ4n) is 5.38. The van der Waals surface area contributed by atoms with Crippen molar-refractivity contribution in [3.05, 3.63) is 63.8 Å². The molecular formula is C28H38N4O4. The van der Waals surface area contributed by atoms with Crippen molar-refractivity contribution in [2.45, 2.75) is 82.8 Å². The molecule has 36 heavy (non-hydrogen) atoms. The van der Waals surface area contributed by atoms with Crippen LogP contribution in [-0.4, -0.2) is 52.6 Å². The normalized spacial score (nSPS) is 19.4. The predicted molar refractivity (Wildman–Crippen MR) is 138 cm³/mol. The zero-order valence-corrected chi connectivity index (χ0v) is 21.3. The maximum absolute atomic E-state index is 13.8. The Balaban J connectivity index is 1.64. The van der Waals surface area contributed by atoms with Gasteiger partial charge in [-0.3, -0.25) is 19.4 Å². The Bertz CT molecular complexity index is 1080. The molecule has 1 saturated carbocycles. The highest BCUT2D eigenvalue weighted by Gasteiger charge is 2.31. The Morgan fingerprint density at radius 2 is 1.75 bits per heavy atom. The molecule has 2 aromatic rings. The van der Waals surface area contributed by atoms with E-state index in [4.69, 9.17) is 4.74 Å². The summed E-state index contributed by atoms with van der Waals surface area (Å²) in [6, 6.07) is 3.75. The van der Waals surface area contributed by atoms with Crippen LogP contribution in [0.3, 0.4) is 0 Å². The second-order valence-corrected chi connectivity index (χ2v) is 9.96. The van der Waals surface area contributed by atoms with Crippen LogP contribution < -0.4 is 10.7 Å². The van der Waals surface area contributed by atoms with Crippen molar-refractivity contribution in [1.29, 1.82) is 0 Å². The third-order valence-corrected chi connectivity index (χ3v) is 7.38. The van der Waals surface area contributed by atoms with Gasteiger partial charge in [0.25, 0.3) is 11.8 Å². The van der Waals surface area contributed by atoms with E-state index in [1.807, 2.05) is 12.1 Å². The van der Waals surface area contributed by atoms with E-state index in [0.29, 0.717) is 19.7 Å². The van der Waals surface area contributed by atoms with Crippen LogP contribution in [0, 0.1) is 0 Å². The Morgan fingerprint density at radius 1 is 1.03 bits per heavy atom. The number of rotatable bonds is 7.